The SMILES string of the molecule is Cc1sc2nc(CSC(C)C(=O)N3CCN(Cc4ccc(Cl)cc4)CC3)[nH]c(=O)c2c1C. The molecule has 32 heavy (non-hydrogen) atoms. The molecular weight excluding hydrogens is 464 g/mol. The number of aryl methyl sites for hydroxylation is 2. The molecule has 3 aromatic rings. The molecule has 9 heteroatoms. The zero-order chi connectivity index (χ0) is 22.8. The van der Waals surface area contributed by atoms with Crippen molar-refractivity contribution in [3.63, 3.8) is 0 Å². The monoisotopic (exact) mass is 490 g/mol. The average Bonchev–Trinajstić information content (AvgIpc) is 3.07. The van der Waals surface area contributed by atoms with E-state index in [1.165, 1.54) is 17.3 Å². The molecule has 1 amide bonds. The first-order valence-electron chi connectivity index (χ1n) is 10.7. The smallest absolute Gasteiger partial charge is 0.259 e. The molecule has 0 saturated carbocycles. The maximum atomic E-state index is 12.9. The predicted octanol–water partition coefficient (Wildman–Crippen LogP) is 4.22. The summed E-state index contributed by atoms with van der Waals surface area (Å²) in [7, 11) is 0. The Balaban J connectivity index is 1.29. The van der Waals surface area contributed by atoms with E-state index in [0.717, 1.165) is 53.0 Å². The van der Waals surface area contributed by atoms with Crippen LogP contribution in [0.5, 0.6) is 0 Å². The standard InChI is InChI=1S/C23H27ClN4O2S2/c1-14-15(2)32-22-20(14)21(29)25-19(26-22)13-31-16(3)23(30)28-10-8-27(9-11-28)12-17-4-6-18(24)7-5-17/h4-7,16H,8-13H2,1-3H3,(H,25,26,29). The van der Waals surface area contributed by atoms with E-state index in [1.807, 2.05) is 49.9 Å². The minimum absolute atomic E-state index is 0.0942. The number of carbonyl (C=O) groups excluding carboxylic acids is 1. The summed E-state index contributed by atoms with van der Waals surface area (Å²) in [5, 5.41) is 1.24. The summed E-state index contributed by atoms with van der Waals surface area (Å²) in [5.41, 5.74) is 2.13. The van der Waals surface area contributed by atoms with Gasteiger partial charge in [0.05, 0.1) is 16.4 Å². The van der Waals surface area contributed by atoms with Gasteiger partial charge < -0.3 is 9.88 Å². The van der Waals surface area contributed by atoms with Crippen molar-refractivity contribution < 1.29 is 4.79 Å². The number of amides is 1. The van der Waals surface area contributed by atoms with Gasteiger partial charge in [0.25, 0.3) is 5.56 Å². The molecule has 1 N–H and O–H groups in total. The maximum absolute atomic E-state index is 12.9. The summed E-state index contributed by atoms with van der Waals surface area (Å²) >= 11 is 9.03. The van der Waals surface area contributed by atoms with Gasteiger partial charge in [-0.05, 0) is 44.0 Å². The Labute approximate surface area is 201 Å². The van der Waals surface area contributed by atoms with Crippen LogP contribution < -0.4 is 5.56 Å². The van der Waals surface area contributed by atoms with Gasteiger partial charge in [-0.2, -0.15) is 0 Å². The Kier molecular flexibility index (Phi) is 7.24. The largest absolute Gasteiger partial charge is 0.339 e. The molecule has 170 valence electrons. The molecule has 0 spiro atoms. The van der Waals surface area contributed by atoms with E-state index in [4.69, 9.17) is 11.6 Å². The van der Waals surface area contributed by atoms with Crippen molar-refractivity contribution in [1.29, 1.82) is 0 Å². The average molecular weight is 491 g/mol. The number of fused-ring (bicyclic) bond motifs is 1. The fraction of sp³-hybridized carbons (Fsp3) is 0.435. The number of rotatable bonds is 6. The molecule has 2 aromatic heterocycles. The van der Waals surface area contributed by atoms with Crippen LogP contribution in [0, 0.1) is 13.8 Å². The number of nitrogens with one attached hydrogen (secondary N) is 1. The van der Waals surface area contributed by atoms with Gasteiger partial charge in [0.1, 0.15) is 10.7 Å². The van der Waals surface area contributed by atoms with Crippen LogP contribution in [-0.4, -0.2) is 57.1 Å². The highest BCUT2D eigenvalue weighted by atomic mass is 35.5. The number of aromatic nitrogens is 2. The van der Waals surface area contributed by atoms with Crippen LogP contribution in [0.15, 0.2) is 29.1 Å². The van der Waals surface area contributed by atoms with E-state index >= 15 is 0 Å². The van der Waals surface area contributed by atoms with Crippen LogP contribution in [0.25, 0.3) is 10.2 Å². The first-order chi connectivity index (χ1) is 15.3. The lowest BCUT2D eigenvalue weighted by atomic mass is 10.2. The second kappa shape index (κ2) is 9.95. The quantitative estimate of drug-likeness (QED) is 0.560. The Morgan fingerprint density at radius 2 is 1.91 bits per heavy atom. The van der Waals surface area contributed by atoms with Gasteiger partial charge in [-0.3, -0.25) is 14.5 Å². The van der Waals surface area contributed by atoms with E-state index in [0.29, 0.717) is 17.0 Å². The topological polar surface area (TPSA) is 69.3 Å². The molecule has 3 heterocycles. The van der Waals surface area contributed by atoms with Crippen LogP contribution in [0.4, 0.5) is 0 Å². The molecule has 1 fully saturated rings. The van der Waals surface area contributed by atoms with E-state index < -0.39 is 0 Å². The van der Waals surface area contributed by atoms with Crippen LogP contribution in [0.2, 0.25) is 5.02 Å². The minimum Gasteiger partial charge on any atom is -0.339 e. The normalized spacial score (nSPS) is 15.9. The lowest BCUT2D eigenvalue weighted by Gasteiger charge is -2.35. The van der Waals surface area contributed by atoms with Gasteiger partial charge in [0.15, 0.2) is 0 Å². The third-order valence-electron chi connectivity index (χ3n) is 5.91. The molecule has 1 atom stereocenters. The van der Waals surface area contributed by atoms with Gasteiger partial charge >= 0.3 is 0 Å². The van der Waals surface area contributed by atoms with Crippen molar-refractivity contribution >= 4 is 50.8 Å². The summed E-state index contributed by atoms with van der Waals surface area (Å²) in [6.45, 7) is 9.93. The predicted molar refractivity (Wildman–Crippen MR) is 134 cm³/mol. The summed E-state index contributed by atoms with van der Waals surface area (Å²) in [6, 6.07) is 7.92. The molecule has 1 unspecified atom stereocenters. The zero-order valence-electron chi connectivity index (χ0n) is 18.5. The summed E-state index contributed by atoms with van der Waals surface area (Å²) in [6.07, 6.45) is 0. The van der Waals surface area contributed by atoms with Crippen molar-refractivity contribution in [3.05, 3.63) is 61.5 Å². The fourth-order valence-corrected chi connectivity index (χ4v) is 5.89. The molecule has 6 nitrogen and oxygen atoms in total. The Morgan fingerprint density at radius 3 is 2.59 bits per heavy atom. The van der Waals surface area contributed by atoms with Crippen molar-refractivity contribution in [3.8, 4) is 0 Å². The van der Waals surface area contributed by atoms with E-state index in [2.05, 4.69) is 14.9 Å². The number of hydrogen-bond donors (Lipinski definition) is 1. The number of hydrogen-bond acceptors (Lipinski definition) is 6. The van der Waals surface area contributed by atoms with Gasteiger partial charge in [-0.1, -0.05) is 23.7 Å². The summed E-state index contributed by atoms with van der Waals surface area (Å²) in [5.74, 6) is 1.28. The van der Waals surface area contributed by atoms with Crippen LogP contribution in [0.1, 0.15) is 28.8 Å². The highest BCUT2D eigenvalue weighted by Crippen LogP contribution is 2.27. The summed E-state index contributed by atoms with van der Waals surface area (Å²) in [4.78, 5) is 39.1. The van der Waals surface area contributed by atoms with Crippen molar-refractivity contribution in [2.45, 2.75) is 38.3 Å². The van der Waals surface area contributed by atoms with Crippen molar-refractivity contribution in [2.24, 2.45) is 0 Å². The molecule has 0 aliphatic carbocycles. The van der Waals surface area contributed by atoms with Gasteiger partial charge in [0, 0.05) is 42.6 Å². The van der Waals surface area contributed by atoms with E-state index in [1.54, 1.807) is 11.3 Å². The van der Waals surface area contributed by atoms with Crippen molar-refractivity contribution in [1.82, 2.24) is 19.8 Å². The molecular formula is C23H27ClN4O2S2. The first kappa shape index (κ1) is 23.3. The van der Waals surface area contributed by atoms with Gasteiger partial charge in [-0.15, -0.1) is 23.1 Å². The fourth-order valence-electron chi connectivity index (χ4n) is 3.87. The van der Waals surface area contributed by atoms with E-state index in [-0.39, 0.29) is 16.7 Å². The number of halogens is 1. The molecule has 4 rings (SSSR count). The highest BCUT2D eigenvalue weighted by molar-refractivity contribution is 7.99. The molecule has 1 aliphatic heterocycles. The lowest BCUT2D eigenvalue weighted by molar-refractivity contribution is -0.132. The van der Waals surface area contributed by atoms with Crippen LogP contribution >= 0.6 is 34.7 Å². The number of nitrogens with zero attached hydrogens (tertiary/aromatic N) is 3. The second-order valence-electron chi connectivity index (χ2n) is 8.16. The number of piperazine rings is 1. The minimum atomic E-state index is -0.189. The summed E-state index contributed by atoms with van der Waals surface area (Å²) < 4.78 is 0. The number of thiophene rings is 1. The first-order valence-corrected chi connectivity index (χ1v) is 12.9. The third kappa shape index (κ3) is 5.20. The number of benzene rings is 1. The number of thioether (sulfide) groups is 1. The van der Waals surface area contributed by atoms with Crippen LogP contribution in [0.3, 0.4) is 0 Å². The Morgan fingerprint density at radius 1 is 1.22 bits per heavy atom. The van der Waals surface area contributed by atoms with Crippen molar-refractivity contribution in [2.75, 3.05) is 26.2 Å². The van der Waals surface area contributed by atoms with Gasteiger partial charge in [0.2, 0.25) is 5.91 Å². The maximum Gasteiger partial charge on any atom is 0.259 e. The Bertz CT molecular complexity index is 1170. The van der Waals surface area contributed by atoms with E-state index in [9.17, 15) is 9.59 Å². The highest BCUT2D eigenvalue weighted by Gasteiger charge is 2.25. The van der Waals surface area contributed by atoms with Gasteiger partial charge in [-0.25, -0.2) is 4.98 Å². The molecule has 1 saturated heterocycles. The lowest BCUT2D eigenvalue weighted by Crippen LogP contribution is -2.50. The number of H-pyrrole nitrogens is 1. The Hall–Kier alpha value is -1.87. The molecule has 0 bridgehead atoms. The third-order valence-corrected chi connectivity index (χ3v) is 8.40. The molecule has 0 radical (unpaired) electrons. The van der Waals surface area contributed by atoms with Crippen LogP contribution in [-0.2, 0) is 17.1 Å². The molecule has 1 aliphatic rings. The number of aromatic amines is 1. The number of carbonyl (C=O) groups is 1. The second-order valence-corrected chi connectivity index (χ2v) is 11.1. The molecule has 1 aromatic carbocycles. The zero-order valence-corrected chi connectivity index (χ0v) is 20.9.